The van der Waals surface area contributed by atoms with Crippen molar-refractivity contribution in [2.45, 2.75) is 20.4 Å². The fourth-order valence-electron chi connectivity index (χ4n) is 1.78. The number of nitrogens with zero attached hydrogens (tertiary/aromatic N) is 2. The molecule has 96 valence electrons. The number of para-hydroxylation sites is 1. The summed E-state index contributed by atoms with van der Waals surface area (Å²) in [5.74, 6) is 1.81. The van der Waals surface area contributed by atoms with Crippen LogP contribution in [-0.4, -0.2) is 22.7 Å². The van der Waals surface area contributed by atoms with Crippen molar-refractivity contribution in [3.05, 3.63) is 42.2 Å². The molecule has 18 heavy (non-hydrogen) atoms. The normalized spacial score (nSPS) is 10.3. The molecule has 0 radical (unpaired) electrons. The first-order valence-corrected chi connectivity index (χ1v) is 6.25. The molecule has 0 atom stereocenters. The third-order valence-corrected chi connectivity index (χ3v) is 2.63. The van der Waals surface area contributed by atoms with Crippen molar-refractivity contribution in [3.8, 4) is 5.75 Å². The molecular weight excluding hydrogens is 226 g/mol. The number of imidazole rings is 1. The minimum atomic E-state index is 0.625. The maximum atomic E-state index is 5.61. The lowest BCUT2D eigenvalue weighted by atomic mass is 10.3. The van der Waals surface area contributed by atoms with E-state index in [-0.39, 0.29) is 0 Å². The van der Waals surface area contributed by atoms with Gasteiger partial charge < -0.3 is 14.6 Å². The maximum absolute atomic E-state index is 5.61. The molecule has 1 N–H and O–H groups in total. The Labute approximate surface area is 108 Å². The van der Waals surface area contributed by atoms with Gasteiger partial charge in [-0.05, 0) is 26.0 Å². The summed E-state index contributed by atoms with van der Waals surface area (Å²) in [6.45, 7) is 6.39. The molecule has 2 aromatic rings. The Morgan fingerprint density at radius 1 is 1.28 bits per heavy atom. The maximum Gasteiger partial charge on any atom is 0.203 e. The summed E-state index contributed by atoms with van der Waals surface area (Å²) >= 11 is 0. The average molecular weight is 245 g/mol. The highest BCUT2D eigenvalue weighted by molar-refractivity contribution is 5.28. The number of hydrogen-bond donors (Lipinski definition) is 1. The molecule has 0 aliphatic carbocycles. The largest absolute Gasteiger partial charge is 0.492 e. The van der Waals surface area contributed by atoms with E-state index in [1.807, 2.05) is 43.5 Å². The second-order valence-corrected chi connectivity index (χ2v) is 4.08. The van der Waals surface area contributed by atoms with E-state index < -0.39 is 0 Å². The van der Waals surface area contributed by atoms with Crippen LogP contribution < -0.4 is 10.1 Å². The van der Waals surface area contributed by atoms with Crippen molar-refractivity contribution in [1.29, 1.82) is 0 Å². The number of nitrogens with one attached hydrogen (secondary N) is 1. The van der Waals surface area contributed by atoms with Crippen LogP contribution in [0.15, 0.2) is 36.5 Å². The van der Waals surface area contributed by atoms with E-state index in [1.165, 1.54) is 0 Å². The SMILES string of the molecule is CCn1cc(C)nc1NCCOc1ccccc1. The Balaban J connectivity index is 1.78. The van der Waals surface area contributed by atoms with Crippen LogP contribution in [0.25, 0.3) is 0 Å². The highest BCUT2D eigenvalue weighted by Crippen LogP contribution is 2.09. The molecule has 0 unspecified atom stereocenters. The van der Waals surface area contributed by atoms with E-state index in [1.54, 1.807) is 0 Å². The molecule has 4 nitrogen and oxygen atoms in total. The molecule has 1 heterocycles. The van der Waals surface area contributed by atoms with Gasteiger partial charge in [-0.15, -0.1) is 0 Å². The molecule has 0 amide bonds. The molecule has 0 aliphatic rings. The highest BCUT2D eigenvalue weighted by Gasteiger charge is 2.02. The third-order valence-electron chi connectivity index (χ3n) is 2.63. The van der Waals surface area contributed by atoms with Gasteiger partial charge in [0, 0.05) is 12.7 Å². The molecule has 0 saturated carbocycles. The Morgan fingerprint density at radius 3 is 2.78 bits per heavy atom. The minimum absolute atomic E-state index is 0.625. The first-order valence-electron chi connectivity index (χ1n) is 6.25. The number of anilines is 1. The van der Waals surface area contributed by atoms with Crippen LogP contribution in [-0.2, 0) is 6.54 Å². The predicted octanol–water partition coefficient (Wildman–Crippen LogP) is 2.70. The first kappa shape index (κ1) is 12.5. The van der Waals surface area contributed by atoms with Crippen molar-refractivity contribution in [2.75, 3.05) is 18.5 Å². The quantitative estimate of drug-likeness (QED) is 0.795. The van der Waals surface area contributed by atoms with Gasteiger partial charge in [0.2, 0.25) is 5.95 Å². The zero-order valence-corrected chi connectivity index (χ0v) is 10.9. The summed E-state index contributed by atoms with van der Waals surface area (Å²) in [5.41, 5.74) is 1.03. The van der Waals surface area contributed by atoms with E-state index in [0.29, 0.717) is 6.61 Å². The molecule has 0 spiro atoms. The van der Waals surface area contributed by atoms with Gasteiger partial charge in [0.25, 0.3) is 0 Å². The average Bonchev–Trinajstić information content (AvgIpc) is 2.76. The molecule has 1 aromatic heterocycles. The Hall–Kier alpha value is -1.97. The lowest BCUT2D eigenvalue weighted by molar-refractivity contribution is 0.332. The van der Waals surface area contributed by atoms with Crippen LogP contribution in [0.1, 0.15) is 12.6 Å². The zero-order chi connectivity index (χ0) is 12.8. The van der Waals surface area contributed by atoms with E-state index >= 15 is 0 Å². The Morgan fingerprint density at radius 2 is 2.06 bits per heavy atom. The van der Waals surface area contributed by atoms with Gasteiger partial charge in [-0.2, -0.15) is 0 Å². The van der Waals surface area contributed by atoms with Crippen LogP contribution in [0, 0.1) is 6.92 Å². The van der Waals surface area contributed by atoms with Crippen LogP contribution in [0.4, 0.5) is 5.95 Å². The summed E-state index contributed by atoms with van der Waals surface area (Å²) in [6, 6.07) is 9.83. The van der Waals surface area contributed by atoms with Crippen molar-refractivity contribution in [2.24, 2.45) is 0 Å². The van der Waals surface area contributed by atoms with Crippen LogP contribution >= 0.6 is 0 Å². The third kappa shape index (κ3) is 3.26. The molecule has 0 bridgehead atoms. The van der Waals surface area contributed by atoms with Gasteiger partial charge in [-0.3, -0.25) is 0 Å². The summed E-state index contributed by atoms with van der Waals surface area (Å²) in [6.07, 6.45) is 2.04. The monoisotopic (exact) mass is 245 g/mol. The zero-order valence-electron chi connectivity index (χ0n) is 10.9. The summed E-state index contributed by atoms with van der Waals surface area (Å²) in [5, 5.41) is 3.28. The van der Waals surface area contributed by atoms with Gasteiger partial charge in [0.05, 0.1) is 12.2 Å². The number of hydrogen-bond acceptors (Lipinski definition) is 3. The summed E-state index contributed by atoms with van der Waals surface area (Å²) < 4.78 is 7.70. The predicted molar refractivity (Wildman–Crippen MR) is 73.1 cm³/mol. The van der Waals surface area contributed by atoms with Crippen molar-refractivity contribution >= 4 is 5.95 Å². The van der Waals surface area contributed by atoms with E-state index in [0.717, 1.165) is 30.5 Å². The topological polar surface area (TPSA) is 39.1 Å². The number of ether oxygens (including phenoxy) is 1. The standard InChI is InChI=1S/C14H19N3O/c1-3-17-11-12(2)16-14(17)15-9-10-18-13-7-5-4-6-8-13/h4-8,11H,3,9-10H2,1-2H3,(H,15,16). The van der Waals surface area contributed by atoms with E-state index in [9.17, 15) is 0 Å². The Kier molecular flexibility index (Phi) is 4.23. The summed E-state index contributed by atoms with van der Waals surface area (Å²) in [7, 11) is 0. The minimum Gasteiger partial charge on any atom is -0.492 e. The number of aryl methyl sites for hydroxylation is 2. The Bertz CT molecular complexity index is 479. The van der Waals surface area contributed by atoms with Gasteiger partial charge in [-0.25, -0.2) is 4.98 Å². The van der Waals surface area contributed by atoms with E-state index in [4.69, 9.17) is 4.74 Å². The van der Waals surface area contributed by atoms with Crippen LogP contribution in [0.3, 0.4) is 0 Å². The lowest BCUT2D eigenvalue weighted by Gasteiger charge is -2.09. The fraction of sp³-hybridized carbons (Fsp3) is 0.357. The first-order chi connectivity index (χ1) is 8.79. The number of rotatable bonds is 6. The smallest absolute Gasteiger partial charge is 0.203 e. The molecule has 0 aliphatic heterocycles. The van der Waals surface area contributed by atoms with Crippen molar-refractivity contribution in [1.82, 2.24) is 9.55 Å². The van der Waals surface area contributed by atoms with Crippen molar-refractivity contribution in [3.63, 3.8) is 0 Å². The fourth-order valence-corrected chi connectivity index (χ4v) is 1.78. The van der Waals surface area contributed by atoms with Crippen molar-refractivity contribution < 1.29 is 4.74 Å². The molecule has 0 saturated heterocycles. The van der Waals surface area contributed by atoms with Gasteiger partial charge in [-0.1, -0.05) is 18.2 Å². The molecule has 1 aromatic carbocycles. The van der Waals surface area contributed by atoms with Gasteiger partial charge in [0.15, 0.2) is 0 Å². The van der Waals surface area contributed by atoms with Crippen LogP contribution in [0.5, 0.6) is 5.75 Å². The van der Waals surface area contributed by atoms with Gasteiger partial charge in [0.1, 0.15) is 12.4 Å². The van der Waals surface area contributed by atoms with Gasteiger partial charge >= 0.3 is 0 Å². The molecule has 2 rings (SSSR count). The molecular formula is C14H19N3O. The number of benzene rings is 1. The lowest BCUT2D eigenvalue weighted by Crippen LogP contribution is -2.14. The van der Waals surface area contributed by atoms with Crippen LogP contribution in [0.2, 0.25) is 0 Å². The highest BCUT2D eigenvalue weighted by atomic mass is 16.5. The second kappa shape index (κ2) is 6.10. The molecule has 4 heteroatoms. The second-order valence-electron chi connectivity index (χ2n) is 4.08. The summed E-state index contributed by atoms with van der Waals surface area (Å²) in [4.78, 5) is 4.42. The number of aromatic nitrogens is 2. The molecule has 0 fully saturated rings. The van der Waals surface area contributed by atoms with E-state index in [2.05, 4.69) is 21.8 Å².